The average Bonchev–Trinajstić information content (AvgIpc) is 2.53. The number of hydrogen-bond acceptors (Lipinski definition) is 4. The fourth-order valence-corrected chi connectivity index (χ4v) is 1.98. The van der Waals surface area contributed by atoms with Crippen molar-refractivity contribution in [3.8, 4) is 0 Å². The molecule has 3 N–H and O–H groups in total. The van der Waals surface area contributed by atoms with Gasteiger partial charge in [-0.3, -0.25) is 4.79 Å². The summed E-state index contributed by atoms with van der Waals surface area (Å²) >= 11 is 0. The minimum atomic E-state index is -1.27. The lowest BCUT2D eigenvalue weighted by atomic mass is 10.1. The van der Waals surface area contributed by atoms with Crippen LogP contribution in [-0.4, -0.2) is 18.0 Å². The summed E-state index contributed by atoms with van der Waals surface area (Å²) in [4.78, 5) is 24.1. The maximum absolute atomic E-state index is 13.5. The quantitative estimate of drug-likeness (QED) is 0.665. The van der Waals surface area contributed by atoms with Gasteiger partial charge in [-0.2, -0.15) is 0 Å². The third-order valence-electron chi connectivity index (χ3n) is 3.41. The van der Waals surface area contributed by atoms with Crippen molar-refractivity contribution in [1.29, 1.82) is 0 Å². The predicted molar refractivity (Wildman–Crippen MR) is 85.5 cm³/mol. The highest BCUT2D eigenvalue weighted by molar-refractivity contribution is 5.99. The zero-order valence-corrected chi connectivity index (χ0v) is 13.1. The third kappa shape index (κ3) is 3.68. The van der Waals surface area contributed by atoms with E-state index in [1.807, 2.05) is 0 Å². The molecule has 0 spiro atoms. The number of rotatable bonds is 4. The fourth-order valence-electron chi connectivity index (χ4n) is 1.98. The molecule has 0 aromatic heterocycles. The molecule has 7 heteroatoms. The highest BCUT2D eigenvalue weighted by Gasteiger charge is 2.22. The number of esters is 1. The van der Waals surface area contributed by atoms with E-state index in [0.29, 0.717) is 5.56 Å². The van der Waals surface area contributed by atoms with Gasteiger partial charge in [0.25, 0.3) is 5.91 Å². The molecule has 0 aliphatic heterocycles. The molecule has 0 heterocycles. The first kappa shape index (κ1) is 17.4. The highest BCUT2D eigenvalue weighted by atomic mass is 19.1. The number of halogens is 2. The SMILES string of the molecule is Cc1cccc(C(=O)O[C@H](C)C(=O)Nc2c(F)cccc2F)c1N. The molecule has 126 valence electrons. The molecule has 24 heavy (non-hydrogen) atoms. The molecule has 0 saturated heterocycles. The summed E-state index contributed by atoms with van der Waals surface area (Å²) in [7, 11) is 0. The highest BCUT2D eigenvalue weighted by Crippen LogP contribution is 2.20. The summed E-state index contributed by atoms with van der Waals surface area (Å²) in [6.45, 7) is 3.02. The van der Waals surface area contributed by atoms with Crippen LogP contribution >= 0.6 is 0 Å². The van der Waals surface area contributed by atoms with E-state index in [4.69, 9.17) is 10.5 Å². The van der Waals surface area contributed by atoms with E-state index in [-0.39, 0.29) is 11.3 Å². The number of anilines is 2. The lowest BCUT2D eigenvalue weighted by Gasteiger charge is -2.15. The first-order valence-corrected chi connectivity index (χ1v) is 7.12. The Morgan fingerprint density at radius 2 is 1.71 bits per heavy atom. The Hall–Kier alpha value is -2.96. The average molecular weight is 334 g/mol. The molecule has 1 amide bonds. The van der Waals surface area contributed by atoms with Crippen LogP contribution in [0.1, 0.15) is 22.8 Å². The number of nitrogen functional groups attached to an aromatic ring is 1. The van der Waals surface area contributed by atoms with Crippen LogP contribution in [0.15, 0.2) is 36.4 Å². The molecule has 1 atom stereocenters. The van der Waals surface area contributed by atoms with E-state index in [0.717, 1.165) is 12.1 Å². The summed E-state index contributed by atoms with van der Waals surface area (Å²) < 4.78 is 32.1. The maximum Gasteiger partial charge on any atom is 0.341 e. The van der Waals surface area contributed by atoms with Crippen molar-refractivity contribution >= 4 is 23.3 Å². The number of hydrogen-bond donors (Lipinski definition) is 2. The first-order valence-electron chi connectivity index (χ1n) is 7.12. The van der Waals surface area contributed by atoms with Crippen molar-refractivity contribution in [3.05, 3.63) is 59.2 Å². The van der Waals surface area contributed by atoms with E-state index < -0.39 is 35.3 Å². The van der Waals surface area contributed by atoms with E-state index in [2.05, 4.69) is 5.32 Å². The van der Waals surface area contributed by atoms with Crippen LogP contribution in [0.25, 0.3) is 0 Å². The second kappa shape index (κ2) is 7.08. The Morgan fingerprint density at radius 1 is 1.12 bits per heavy atom. The number of amides is 1. The number of nitrogens with two attached hydrogens (primary N) is 1. The second-order valence-electron chi connectivity index (χ2n) is 5.17. The van der Waals surface area contributed by atoms with E-state index in [1.165, 1.54) is 19.1 Å². The minimum absolute atomic E-state index is 0.117. The monoisotopic (exact) mass is 334 g/mol. The van der Waals surface area contributed by atoms with Crippen molar-refractivity contribution in [1.82, 2.24) is 0 Å². The van der Waals surface area contributed by atoms with Gasteiger partial charge in [-0.15, -0.1) is 0 Å². The van der Waals surface area contributed by atoms with Gasteiger partial charge in [0.15, 0.2) is 6.10 Å². The topological polar surface area (TPSA) is 81.4 Å². The molecule has 5 nitrogen and oxygen atoms in total. The summed E-state index contributed by atoms with van der Waals surface area (Å²) in [6.07, 6.45) is -1.27. The van der Waals surface area contributed by atoms with Gasteiger partial charge < -0.3 is 15.8 Å². The van der Waals surface area contributed by atoms with Crippen LogP contribution in [0.3, 0.4) is 0 Å². The van der Waals surface area contributed by atoms with Crippen LogP contribution in [0.4, 0.5) is 20.2 Å². The lowest BCUT2D eigenvalue weighted by molar-refractivity contribution is -0.123. The van der Waals surface area contributed by atoms with Crippen molar-refractivity contribution in [3.63, 3.8) is 0 Å². The molecule has 2 aromatic rings. The normalized spacial score (nSPS) is 11.7. The Kier molecular flexibility index (Phi) is 5.13. The Balaban J connectivity index is 2.09. The van der Waals surface area contributed by atoms with Crippen molar-refractivity contribution < 1.29 is 23.1 Å². The Morgan fingerprint density at radius 3 is 2.33 bits per heavy atom. The van der Waals surface area contributed by atoms with Crippen molar-refractivity contribution in [2.75, 3.05) is 11.1 Å². The van der Waals surface area contributed by atoms with Gasteiger partial charge >= 0.3 is 5.97 Å². The molecule has 0 bridgehead atoms. The Labute approximate surface area is 137 Å². The van der Waals surface area contributed by atoms with Crippen LogP contribution in [0.5, 0.6) is 0 Å². The van der Waals surface area contributed by atoms with Gasteiger partial charge in [-0.1, -0.05) is 18.2 Å². The van der Waals surface area contributed by atoms with Crippen molar-refractivity contribution in [2.45, 2.75) is 20.0 Å². The molecule has 0 radical (unpaired) electrons. The molecular weight excluding hydrogens is 318 g/mol. The lowest BCUT2D eigenvalue weighted by Crippen LogP contribution is -2.31. The van der Waals surface area contributed by atoms with Crippen LogP contribution in [-0.2, 0) is 9.53 Å². The van der Waals surface area contributed by atoms with Gasteiger partial charge in [0.1, 0.15) is 17.3 Å². The standard InChI is InChI=1S/C17H16F2N2O3/c1-9-5-3-6-11(14(9)20)17(23)24-10(2)16(22)21-15-12(18)7-4-8-13(15)19/h3-8,10H,20H2,1-2H3,(H,21,22)/t10-/m1/s1. The number of benzene rings is 2. The fraction of sp³-hybridized carbons (Fsp3) is 0.176. The molecule has 0 aliphatic rings. The zero-order valence-electron chi connectivity index (χ0n) is 13.1. The predicted octanol–water partition coefficient (Wildman–Crippen LogP) is 3.04. The second-order valence-corrected chi connectivity index (χ2v) is 5.17. The summed E-state index contributed by atoms with van der Waals surface area (Å²) in [5.74, 6) is -3.51. The van der Waals surface area contributed by atoms with Gasteiger partial charge in [0.05, 0.1) is 5.56 Å². The molecule has 0 fully saturated rings. The molecule has 2 rings (SSSR count). The van der Waals surface area contributed by atoms with Gasteiger partial charge in [0.2, 0.25) is 0 Å². The minimum Gasteiger partial charge on any atom is -0.449 e. The summed E-state index contributed by atoms with van der Waals surface area (Å²) in [5, 5.41) is 2.06. The van der Waals surface area contributed by atoms with Crippen LogP contribution in [0.2, 0.25) is 0 Å². The molecule has 2 aromatic carbocycles. The number of nitrogens with one attached hydrogen (secondary N) is 1. The molecule has 0 aliphatic carbocycles. The van der Waals surface area contributed by atoms with Crippen molar-refractivity contribution in [2.24, 2.45) is 0 Å². The van der Waals surface area contributed by atoms with E-state index in [9.17, 15) is 18.4 Å². The summed E-state index contributed by atoms with van der Waals surface area (Å²) in [6, 6.07) is 7.99. The summed E-state index contributed by atoms with van der Waals surface area (Å²) in [5.41, 5.74) is 6.25. The van der Waals surface area contributed by atoms with E-state index >= 15 is 0 Å². The molecular formula is C17H16F2N2O3. The van der Waals surface area contributed by atoms with E-state index in [1.54, 1.807) is 19.1 Å². The molecule has 0 saturated carbocycles. The van der Waals surface area contributed by atoms with Crippen LogP contribution < -0.4 is 11.1 Å². The third-order valence-corrected chi connectivity index (χ3v) is 3.41. The van der Waals surface area contributed by atoms with Gasteiger partial charge in [0, 0.05) is 5.69 Å². The largest absolute Gasteiger partial charge is 0.449 e. The maximum atomic E-state index is 13.5. The number of ether oxygens (including phenoxy) is 1. The smallest absolute Gasteiger partial charge is 0.341 e. The number of para-hydroxylation sites is 2. The number of carbonyl (C=O) groups is 2. The van der Waals surface area contributed by atoms with Gasteiger partial charge in [-0.05, 0) is 37.6 Å². The Bertz CT molecular complexity index is 773. The van der Waals surface area contributed by atoms with Gasteiger partial charge in [-0.25, -0.2) is 13.6 Å². The number of carbonyl (C=O) groups excluding carboxylic acids is 2. The number of aryl methyl sites for hydroxylation is 1. The zero-order chi connectivity index (χ0) is 17.9. The van der Waals surface area contributed by atoms with Crippen LogP contribution in [0, 0.1) is 18.6 Å². The molecule has 0 unspecified atom stereocenters. The first-order chi connectivity index (χ1) is 11.3.